The first-order chi connectivity index (χ1) is 11.3. The molecule has 0 saturated carbocycles. The van der Waals surface area contributed by atoms with Crippen LogP contribution in [0.1, 0.15) is 97.3 Å². The summed E-state index contributed by atoms with van der Waals surface area (Å²) >= 11 is 0. The molecule has 0 bridgehead atoms. The number of hydrogen-bond acceptors (Lipinski definition) is 2. The van der Waals surface area contributed by atoms with E-state index in [4.69, 9.17) is 10.5 Å². The van der Waals surface area contributed by atoms with Crippen LogP contribution in [0.15, 0.2) is 24.3 Å². The molecule has 23 heavy (non-hydrogen) atoms. The molecule has 0 fully saturated rings. The van der Waals surface area contributed by atoms with Crippen molar-refractivity contribution in [2.24, 2.45) is 5.73 Å². The Morgan fingerprint density at radius 3 is 1.91 bits per heavy atom. The standard InChI is InChI=1S/C21H41NO/c1-3-5-6-7-8-9-10-11-12-13-14-15-16-17-18-19-20-23-21(22)4-2/h8-9,11-12,21H,3-7,10,13-20,22H2,1-2H3/b9-8-,12-11-. The van der Waals surface area contributed by atoms with Crippen molar-refractivity contribution < 1.29 is 4.74 Å². The summed E-state index contributed by atoms with van der Waals surface area (Å²) in [5, 5.41) is 0. The molecule has 1 atom stereocenters. The average Bonchev–Trinajstić information content (AvgIpc) is 2.57. The normalized spacial score (nSPS) is 13.3. The summed E-state index contributed by atoms with van der Waals surface area (Å²) in [6.45, 7) is 5.14. The van der Waals surface area contributed by atoms with Crippen molar-refractivity contribution in [3.63, 3.8) is 0 Å². The Kier molecular flexibility index (Phi) is 18.9. The lowest BCUT2D eigenvalue weighted by Crippen LogP contribution is -2.22. The van der Waals surface area contributed by atoms with Crippen LogP contribution >= 0.6 is 0 Å². The van der Waals surface area contributed by atoms with E-state index in [1.807, 2.05) is 0 Å². The van der Waals surface area contributed by atoms with Gasteiger partial charge in [-0.05, 0) is 44.9 Å². The third kappa shape index (κ3) is 19.4. The average molecular weight is 324 g/mol. The van der Waals surface area contributed by atoms with Crippen LogP contribution < -0.4 is 5.73 Å². The maximum Gasteiger partial charge on any atom is 0.105 e. The summed E-state index contributed by atoms with van der Waals surface area (Å²) in [6.07, 6.45) is 25.5. The van der Waals surface area contributed by atoms with Crippen molar-refractivity contribution in [1.82, 2.24) is 0 Å². The highest BCUT2D eigenvalue weighted by Gasteiger charge is 1.97. The van der Waals surface area contributed by atoms with E-state index < -0.39 is 0 Å². The summed E-state index contributed by atoms with van der Waals surface area (Å²) < 4.78 is 5.47. The number of allylic oxidation sites excluding steroid dienone is 4. The molecule has 1 unspecified atom stereocenters. The topological polar surface area (TPSA) is 35.2 Å². The Balaban J connectivity index is 3.16. The van der Waals surface area contributed by atoms with Gasteiger partial charge in [0.15, 0.2) is 0 Å². The molecule has 0 rings (SSSR count). The van der Waals surface area contributed by atoms with Gasteiger partial charge in [0.25, 0.3) is 0 Å². The zero-order valence-corrected chi connectivity index (χ0v) is 15.8. The van der Waals surface area contributed by atoms with E-state index in [1.165, 1.54) is 64.2 Å². The first kappa shape index (κ1) is 22.4. The number of unbranched alkanes of at least 4 members (excludes halogenated alkanes) is 9. The van der Waals surface area contributed by atoms with Gasteiger partial charge < -0.3 is 10.5 Å². The van der Waals surface area contributed by atoms with Crippen LogP contribution in [-0.4, -0.2) is 12.8 Å². The summed E-state index contributed by atoms with van der Waals surface area (Å²) in [4.78, 5) is 0. The minimum Gasteiger partial charge on any atom is -0.364 e. The SMILES string of the molecule is CCCCC/C=C\C/C=C\CCCCCCCCOC(N)CC. The van der Waals surface area contributed by atoms with Gasteiger partial charge in [-0.25, -0.2) is 0 Å². The molecule has 0 aliphatic rings. The molecule has 136 valence electrons. The number of ether oxygens (including phenoxy) is 1. The minimum absolute atomic E-state index is 0.0621. The van der Waals surface area contributed by atoms with Crippen LogP contribution in [0.2, 0.25) is 0 Å². The van der Waals surface area contributed by atoms with Gasteiger partial charge >= 0.3 is 0 Å². The fourth-order valence-corrected chi connectivity index (χ4v) is 2.44. The zero-order valence-electron chi connectivity index (χ0n) is 15.8. The van der Waals surface area contributed by atoms with Crippen molar-refractivity contribution in [2.45, 2.75) is 104 Å². The van der Waals surface area contributed by atoms with Crippen LogP contribution in [0.3, 0.4) is 0 Å². The minimum atomic E-state index is -0.0621. The van der Waals surface area contributed by atoms with Crippen molar-refractivity contribution in [3.05, 3.63) is 24.3 Å². The first-order valence-corrected chi connectivity index (χ1v) is 9.98. The summed E-state index contributed by atoms with van der Waals surface area (Å²) in [5.41, 5.74) is 5.71. The summed E-state index contributed by atoms with van der Waals surface area (Å²) in [6, 6.07) is 0. The number of nitrogens with two attached hydrogens (primary N) is 1. The number of rotatable bonds is 17. The van der Waals surface area contributed by atoms with Gasteiger partial charge in [0.2, 0.25) is 0 Å². The van der Waals surface area contributed by atoms with E-state index in [2.05, 4.69) is 38.2 Å². The van der Waals surface area contributed by atoms with E-state index in [1.54, 1.807) is 0 Å². The highest BCUT2D eigenvalue weighted by Crippen LogP contribution is 2.08. The molecule has 0 aromatic heterocycles. The quantitative estimate of drug-likeness (QED) is 0.188. The van der Waals surface area contributed by atoms with Crippen LogP contribution in [0, 0.1) is 0 Å². The largest absolute Gasteiger partial charge is 0.364 e. The third-order valence-corrected chi connectivity index (χ3v) is 4.08. The lowest BCUT2D eigenvalue weighted by atomic mass is 10.1. The molecule has 0 spiro atoms. The molecule has 2 heteroatoms. The third-order valence-electron chi connectivity index (χ3n) is 4.08. The van der Waals surface area contributed by atoms with Gasteiger partial charge in [-0.2, -0.15) is 0 Å². The van der Waals surface area contributed by atoms with Crippen molar-refractivity contribution in [1.29, 1.82) is 0 Å². The Labute approximate surface area is 145 Å². The molecular weight excluding hydrogens is 282 g/mol. The van der Waals surface area contributed by atoms with Gasteiger partial charge in [-0.3, -0.25) is 0 Å². The molecule has 0 aromatic carbocycles. The zero-order chi connectivity index (χ0) is 17.0. The molecule has 0 aromatic rings. The molecule has 0 heterocycles. The highest BCUT2D eigenvalue weighted by molar-refractivity contribution is 4.92. The summed E-state index contributed by atoms with van der Waals surface area (Å²) in [7, 11) is 0. The second-order valence-corrected chi connectivity index (χ2v) is 6.40. The van der Waals surface area contributed by atoms with Crippen molar-refractivity contribution in [3.8, 4) is 0 Å². The lowest BCUT2D eigenvalue weighted by Gasteiger charge is -2.09. The van der Waals surface area contributed by atoms with E-state index in [-0.39, 0.29) is 6.23 Å². The lowest BCUT2D eigenvalue weighted by molar-refractivity contribution is 0.0526. The van der Waals surface area contributed by atoms with Crippen LogP contribution in [0.25, 0.3) is 0 Å². The fraction of sp³-hybridized carbons (Fsp3) is 0.810. The van der Waals surface area contributed by atoms with E-state index in [0.717, 1.165) is 25.9 Å². The van der Waals surface area contributed by atoms with E-state index in [9.17, 15) is 0 Å². The fourth-order valence-electron chi connectivity index (χ4n) is 2.44. The molecule has 2 nitrogen and oxygen atoms in total. The predicted molar refractivity (Wildman–Crippen MR) is 104 cm³/mol. The number of hydrogen-bond donors (Lipinski definition) is 1. The van der Waals surface area contributed by atoms with Gasteiger partial charge in [-0.15, -0.1) is 0 Å². The van der Waals surface area contributed by atoms with E-state index in [0.29, 0.717) is 0 Å². The van der Waals surface area contributed by atoms with Crippen molar-refractivity contribution >= 4 is 0 Å². The Hall–Kier alpha value is -0.600. The van der Waals surface area contributed by atoms with Crippen LogP contribution in [0.4, 0.5) is 0 Å². The van der Waals surface area contributed by atoms with Crippen LogP contribution in [-0.2, 0) is 4.74 Å². The van der Waals surface area contributed by atoms with Crippen LogP contribution in [0.5, 0.6) is 0 Å². The Bertz CT molecular complexity index is 273. The predicted octanol–water partition coefficient (Wildman–Crippen LogP) is 6.51. The van der Waals surface area contributed by atoms with Gasteiger partial charge in [-0.1, -0.05) is 76.7 Å². The molecule has 0 aliphatic heterocycles. The maximum atomic E-state index is 5.71. The smallest absolute Gasteiger partial charge is 0.105 e. The highest BCUT2D eigenvalue weighted by atomic mass is 16.5. The van der Waals surface area contributed by atoms with Gasteiger partial charge in [0.1, 0.15) is 6.23 Å². The molecule has 2 N–H and O–H groups in total. The van der Waals surface area contributed by atoms with E-state index >= 15 is 0 Å². The molecule has 0 saturated heterocycles. The second kappa shape index (κ2) is 19.4. The van der Waals surface area contributed by atoms with Gasteiger partial charge in [0, 0.05) is 6.61 Å². The molecule has 0 aliphatic carbocycles. The summed E-state index contributed by atoms with van der Waals surface area (Å²) in [5.74, 6) is 0. The second-order valence-electron chi connectivity index (χ2n) is 6.40. The Morgan fingerprint density at radius 1 is 0.739 bits per heavy atom. The van der Waals surface area contributed by atoms with Gasteiger partial charge in [0.05, 0.1) is 0 Å². The maximum absolute atomic E-state index is 5.71. The Morgan fingerprint density at radius 2 is 1.30 bits per heavy atom. The molecule has 0 amide bonds. The van der Waals surface area contributed by atoms with Crippen molar-refractivity contribution in [2.75, 3.05) is 6.61 Å². The molecule has 0 radical (unpaired) electrons. The monoisotopic (exact) mass is 323 g/mol. The first-order valence-electron chi connectivity index (χ1n) is 9.98. The molecular formula is C21H41NO.